The number of amidine groups is 1. The maximum atomic E-state index is 11.9. The van der Waals surface area contributed by atoms with Crippen molar-refractivity contribution in [3.05, 3.63) is 60.4 Å². The van der Waals surface area contributed by atoms with E-state index in [1.54, 1.807) is 12.4 Å². The Labute approximate surface area is 214 Å². The summed E-state index contributed by atoms with van der Waals surface area (Å²) < 4.78 is 11.5. The van der Waals surface area contributed by atoms with E-state index >= 15 is 0 Å². The quantitative estimate of drug-likeness (QED) is 0.590. The van der Waals surface area contributed by atoms with Crippen LogP contribution in [0.3, 0.4) is 0 Å². The van der Waals surface area contributed by atoms with Gasteiger partial charge in [0.25, 0.3) is 6.02 Å². The lowest BCUT2D eigenvalue weighted by Crippen LogP contribution is -2.49. The topological polar surface area (TPSA) is 79.3 Å². The van der Waals surface area contributed by atoms with Gasteiger partial charge in [-0.3, -0.25) is 4.98 Å². The molecule has 1 aromatic heterocycles. The maximum absolute atomic E-state index is 11.9. The first kappa shape index (κ1) is 25.9. The van der Waals surface area contributed by atoms with E-state index in [1.165, 1.54) is 5.56 Å². The Morgan fingerprint density at radius 3 is 2.61 bits per heavy atom. The molecule has 1 amide bonds. The van der Waals surface area contributed by atoms with Gasteiger partial charge < -0.3 is 24.6 Å². The zero-order chi connectivity index (χ0) is 25.5. The molecule has 194 valence electrons. The van der Waals surface area contributed by atoms with Crippen LogP contribution < -0.4 is 5.32 Å². The zero-order valence-corrected chi connectivity index (χ0v) is 21.9. The monoisotopic (exact) mass is 493 g/mol. The zero-order valence-electron chi connectivity index (χ0n) is 21.9. The first-order valence-electron chi connectivity index (χ1n) is 13.0. The van der Waals surface area contributed by atoms with E-state index in [2.05, 4.69) is 51.3 Å². The van der Waals surface area contributed by atoms with Crippen molar-refractivity contribution >= 4 is 17.8 Å². The van der Waals surface area contributed by atoms with Crippen LogP contribution in [0.25, 0.3) is 0 Å². The molecular weight excluding hydrogens is 454 g/mol. The van der Waals surface area contributed by atoms with Crippen LogP contribution in [0.1, 0.15) is 58.6 Å². The molecule has 0 aliphatic carbocycles. The fraction of sp³-hybridized carbons (Fsp3) is 0.536. The smallest absolute Gasteiger partial charge is 0.407 e. The van der Waals surface area contributed by atoms with Crippen LogP contribution in [0, 0.1) is 0 Å². The molecule has 4 rings (SSSR count). The summed E-state index contributed by atoms with van der Waals surface area (Å²) in [6.07, 6.45) is 6.11. The Hall–Kier alpha value is -3.13. The highest BCUT2D eigenvalue weighted by Gasteiger charge is 2.39. The van der Waals surface area contributed by atoms with Crippen LogP contribution >= 0.6 is 0 Å². The summed E-state index contributed by atoms with van der Waals surface area (Å²) in [6.45, 7) is 11.1. The molecule has 3 heterocycles. The summed E-state index contributed by atoms with van der Waals surface area (Å²) in [5.41, 5.74) is 1.57. The fourth-order valence-electron chi connectivity index (χ4n) is 4.89. The molecule has 2 saturated heterocycles. The average Bonchev–Trinajstić information content (AvgIpc) is 3.27. The Morgan fingerprint density at radius 2 is 1.94 bits per heavy atom. The summed E-state index contributed by atoms with van der Waals surface area (Å²) in [5, 5.41) is 2.88. The van der Waals surface area contributed by atoms with E-state index < -0.39 is 5.60 Å². The summed E-state index contributed by atoms with van der Waals surface area (Å²) in [6, 6.07) is 16.0. The normalized spacial score (nSPS) is 21.3. The lowest BCUT2D eigenvalue weighted by molar-refractivity contribution is 0.0519. The highest BCUT2D eigenvalue weighted by atomic mass is 16.6. The number of amides is 1. The molecular formula is C28H39N5O3. The molecule has 8 heteroatoms. The molecule has 2 aliphatic rings. The number of piperidine rings is 1. The van der Waals surface area contributed by atoms with E-state index in [1.807, 2.05) is 39.0 Å². The number of nitrogens with one attached hydrogen (secondary N) is 1. The molecule has 2 unspecified atom stereocenters. The third-order valence-corrected chi connectivity index (χ3v) is 6.73. The van der Waals surface area contributed by atoms with Gasteiger partial charge in [-0.1, -0.05) is 30.3 Å². The van der Waals surface area contributed by atoms with Crippen molar-refractivity contribution in [3.63, 3.8) is 0 Å². The van der Waals surface area contributed by atoms with Crippen molar-refractivity contribution in [1.29, 1.82) is 0 Å². The fourth-order valence-corrected chi connectivity index (χ4v) is 4.89. The molecule has 2 fully saturated rings. The molecule has 1 aromatic carbocycles. The molecule has 8 nitrogen and oxygen atoms in total. The number of aliphatic imine (C=N–C) groups is 1. The number of pyridine rings is 1. The molecule has 0 saturated carbocycles. The second-order valence-corrected chi connectivity index (χ2v) is 10.6. The minimum absolute atomic E-state index is 0.147. The van der Waals surface area contributed by atoms with Gasteiger partial charge >= 0.3 is 6.09 Å². The first-order chi connectivity index (χ1) is 17.3. The van der Waals surface area contributed by atoms with Crippen LogP contribution in [0.5, 0.6) is 0 Å². The number of carbonyl (C=O) groups is 1. The van der Waals surface area contributed by atoms with Crippen molar-refractivity contribution in [2.24, 2.45) is 4.99 Å². The minimum Gasteiger partial charge on any atom is -0.462 e. The Kier molecular flexibility index (Phi) is 8.46. The third-order valence-electron chi connectivity index (χ3n) is 6.73. The van der Waals surface area contributed by atoms with E-state index in [0.29, 0.717) is 31.3 Å². The Morgan fingerprint density at radius 1 is 1.19 bits per heavy atom. The predicted octanol–water partition coefficient (Wildman–Crippen LogP) is 4.91. The van der Waals surface area contributed by atoms with Gasteiger partial charge in [0.1, 0.15) is 12.2 Å². The lowest BCUT2D eigenvalue weighted by Gasteiger charge is -2.41. The number of benzene rings is 1. The number of aromatic nitrogens is 1. The predicted molar refractivity (Wildman–Crippen MR) is 141 cm³/mol. The summed E-state index contributed by atoms with van der Waals surface area (Å²) >= 11 is 0. The SMILES string of the molecule is CC(CCNC(=O)OC(C)(C)C)N1CCC(N2C(=Nc3cccnc3)OCC2c2ccccc2)CC1. The van der Waals surface area contributed by atoms with Crippen LogP contribution in [-0.2, 0) is 9.47 Å². The molecule has 0 radical (unpaired) electrons. The number of ether oxygens (including phenoxy) is 2. The molecule has 2 atom stereocenters. The van der Waals surface area contributed by atoms with Gasteiger partial charge in [-0.25, -0.2) is 4.79 Å². The van der Waals surface area contributed by atoms with Gasteiger partial charge in [-0.15, -0.1) is 0 Å². The maximum Gasteiger partial charge on any atom is 0.407 e. The highest BCUT2D eigenvalue weighted by Crippen LogP contribution is 2.34. The van der Waals surface area contributed by atoms with Gasteiger partial charge in [0, 0.05) is 37.9 Å². The van der Waals surface area contributed by atoms with E-state index in [-0.39, 0.29) is 12.1 Å². The minimum atomic E-state index is -0.479. The summed E-state index contributed by atoms with van der Waals surface area (Å²) in [4.78, 5) is 25.9. The number of rotatable bonds is 7. The van der Waals surface area contributed by atoms with Crippen molar-refractivity contribution in [3.8, 4) is 0 Å². The van der Waals surface area contributed by atoms with E-state index in [9.17, 15) is 4.79 Å². The molecule has 0 spiro atoms. The highest BCUT2D eigenvalue weighted by molar-refractivity contribution is 5.79. The van der Waals surface area contributed by atoms with Gasteiger partial charge in [0.05, 0.1) is 17.9 Å². The van der Waals surface area contributed by atoms with Gasteiger partial charge in [-0.05, 0) is 64.7 Å². The van der Waals surface area contributed by atoms with E-state index in [4.69, 9.17) is 14.5 Å². The van der Waals surface area contributed by atoms with Crippen LogP contribution in [0.2, 0.25) is 0 Å². The van der Waals surface area contributed by atoms with Crippen molar-refractivity contribution in [2.75, 3.05) is 26.2 Å². The van der Waals surface area contributed by atoms with Crippen LogP contribution in [0.15, 0.2) is 59.9 Å². The van der Waals surface area contributed by atoms with E-state index in [0.717, 1.165) is 38.0 Å². The Bertz CT molecular complexity index is 1000. The number of hydrogen-bond donors (Lipinski definition) is 1. The van der Waals surface area contributed by atoms with Gasteiger partial charge in [0.2, 0.25) is 0 Å². The summed E-state index contributed by atoms with van der Waals surface area (Å²) in [7, 11) is 0. The largest absolute Gasteiger partial charge is 0.462 e. The number of likely N-dealkylation sites (tertiary alicyclic amines) is 1. The third kappa shape index (κ3) is 6.97. The molecule has 2 aliphatic heterocycles. The van der Waals surface area contributed by atoms with Crippen LogP contribution in [0.4, 0.5) is 10.5 Å². The molecule has 0 bridgehead atoms. The Balaban J connectivity index is 1.37. The van der Waals surface area contributed by atoms with Gasteiger partial charge in [0.15, 0.2) is 0 Å². The second kappa shape index (κ2) is 11.7. The number of carbonyl (C=O) groups excluding carboxylic acids is 1. The number of nitrogens with zero attached hydrogens (tertiary/aromatic N) is 4. The molecule has 36 heavy (non-hydrogen) atoms. The molecule has 1 N–H and O–H groups in total. The lowest BCUT2D eigenvalue weighted by atomic mass is 9.98. The van der Waals surface area contributed by atoms with Gasteiger partial charge in [-0.2, -0.15) is 4.99 Å². The van der Waals surface area contributed by atoms with Crippen molar-refractivity contribution in [1.82, 2.24) is 20.1 Å². The average molecular weight is 494 g/mol. The second-order valence-electron chi connectivity index (χ2n) is 10.6. The van der Waals surface area contributed by atoms with Crippen molar-refractivity contribution < 1.29 is 14.3 Å². The standard InChI is InChI=1S/C28H39N5O3/c1-21(12-16-30-27(34)36-28(2,3)4)32-17-13-24(14-18-32)33-25(22-9-6-5-7-10-22)20-35-26(33)31-23-11-8-15-29-19-23/h5-11,15,19,21,24-25H,12-14,16-18,20H2,1-4H3,(H,30,34). The van der Waals surface area contributed by atoms with Crippen LogP contribution in [-0.4, -0.2) is 70.8 Å². The number of hydrogen-bond acceptors (Lipinski definition) is 6. The van der Waals surface area contributed by atoms with Crippen molar-refractivity contribution in [2.45, 2.75) is 70.7 Å². The number of alkyl carbamates (subject to hydrolysis) is 1. The summed E-state index contributed by atoms with van der Waals surface area (Å²) in [5.74, 6) is 0. The molecule has 2 aromatic rings. The first-order valence-corrected chi connectivity index (χ1v) is 13.0.